The molecule has 0 saturated carbocycles. The summed E-state index contributed by atoms with van der Waals surface area (Å²) in [6.07, 6.45) is 4.54. The van der Waals surface area contributed by atoms with Crippen LogP contribution in [-0.2, 0) is 0 Å². The highest BCUT2D eigenvalue weighted by atomic mass is 35.5. The number of anilines is 2. The molecular formula is C24H21ClFN7S2. The Morgan fingerprint density at radius 3 is 2.77 bits per heavy atom. The van der Waals surface area contributed by atoms with Gasteiger partial charge < -0.3 is 11.1 Å². The Morgan fingerprint density at radius 2 is 1.94 bits per heavy atom. The molecule has 5 rings (SSSR count). The molecule has 3 heterocycles. The van der Waals surface area contributed by atoms with Crippen LogP contribution >= 0.6 is 34.9 Å². The van der Waals surface area contributed by atoms with E-state index in [4.69, 9.17) is 27.3 Å². The van der Waals surface area contributed by atoms with Crippen molar-refractivity contribution in [3.63, 3.8) is 0 Å². The van der Waals surface area contributed by atoms with Crippen molar-refractivity contribution in [3.8, 4) is 22.6 Å². The van der Waals surface area contributed by atoms with E-state index in [1.165, 1.54) is 17.4 Å². The van der Waals surface area contributed by atoms with Crippen molar-refractivity contribution in [2.24, 2.45) is 0 Å². The summed E-state index contributed by atoms with van der Waals surface area (Å²) in [6, 6.07) is 14.2. The maximum Gasteiger partial charge on any atom is 0.223 e. The maximum absolute atomic E-state index is 13.7. The fourth-order valence-corrected chi connectivity index (χ4v) is 5.02. The molecule has 11 heteroatoms. The van der Waals surface area contributed by atoms with Crippen LogP contribution in [0.15, 0.2) is 71.2 Å². The number of thiazole rings is 1. The van der Waals surface area contributed by atoms with Crippen LogP contribution in [0.1, 0.15) is 6.42 Å². The van der Waals surface area contributed by atoms with Gasteiger partial charge in [0.15, 0.2) is 4.96 Å². The zero-order chi connectivity index (χ0) is 24.2. The molecule has 0 aliphatic rings. The highest BCUT2D eigenvalue weighted by Gasteiger charge is 2.19. The molecule has 0 atom stereocenters. The molecule has 0 aliphatic carbocycles. The van der Waals surface area contributed by atoms with Crippen molar-refractivity contribution >= 4 is 51.5 Å². The number of halogens is 2. The third-order valence-electron chi connectivity index (χ3n) is 5.17. The third-order valence-corrected chi connectivity index (χ3v) is 7.04. The molecule has 4 N–H and O–H groups in total. The third kappa shape index (κ3) is 5.40. The molecule has 35 heavy (non-hydrogen) atoms. The summed E-state index contributed by atoms with van der Waals surface area (Å²) in [5.74, 6) is 0.0773. The average molecular weight is 526 g/mol. The molecule has 0 spiro atoms. The van der Waals surface area contributed by atoms with Gasteiger partial charge in [0.1, 0.15) is 11.5 Å². The number of nitrogens with zero attached hydrogens (tertiary/aromatic N) is 4. The predicted molar refractivity (Wildman–Crippen MR) is 142 cm³/mol. The summed E-state index contributed by atoms with van der Waals surface area (Å²) in [4.78, 5) is 15.8. The van der Waals surface area contributed by atoms with E-state index in [-0.39, 0.29) is 5.69 Å². The van der Waals surface area contributed by atoms with Crippen molar-refractivity contribution in [2.75, 3.05) is 24.1 Å². The fraction of sp³-hybridized carbons (Fsp3) is 0.125. The summed E-state index contributed by atoms with van der Waals surface area (Å²) in [5, 5.41) is 5.97. The Labute approximate surface area is 214 Å². The van der Waals surface area contributed by atoms with Crippen molar-refractivity contribution < 1.29 is 4.39 Å². The number of imidazole rings is 1. The first-order valence-electron chi connectivity index (χ1n) is 10.8. The molecule has 2 aromatic carbocycles. The van der Waals surface area contributed by atoms with Crippen LogP contribution in [0.5, 0.6) is 0 Å². The summed E-state index contributed by atoms with van der Waals surface area (Å²) in [6.45, 7) is 1.52. The van der Waals surface area contributed by atoms with Gasteiger partial charge in [-0.05, 0) is 66.9 Å². The lowest BCUT2D eigenvalue weighted by molar-refractivity contribution is 0.632. The van der Waals surface area contributed by atoms with E-state index < -0.39 is 5.82 Å². The number of hydrogen-bond acceptors (Lipinski definition) is 8. The second-order valence-electron chi connectivity index (χ2n) is 7.60. The predicted octanol–water partition coefficient (Wildman–Crippen LogP) is 5.99. The Balaban J connectivity index is 1.27. The van der Waals surface area contributed by atoms with E-state index in [0.29, 0.717) is 23.9 Å². The van der Waals surface area contributed by atoms with Crippen molar-refractivity contribution in [2.45, 2.75) is 11.3 Å². The van der Waals surface area contributed by atoms with Crippen molar-refractivity contribution in [3.05, 3.63) is 77.1 Å². The van der Waals surface area contributed by atoms with E-state index in [0.717, 1.165) is 39.1 Å². The number of nitrogens with one attached hydrogen (secondary N) is 2. The second-order valence-corrected chi connectivity index (χ2v) is 9.87. The van der Waals surface area contributed by atoms with Crippen molar-refractivity contribution in [1.29, 1.82) is 0 Å². The minimum absolute atomic E-state index is 0.0812. The molecule has 0 aliphatic heterocycles. The molecule has 7 nitrogen and oxygen atoms in total. The van der Waals surface area contributed by atoms with Crippen LogP contribution in [0.2, 0.25) is 5.02 Å². The van der Waals surface area contributed by atoms with Crippen LogP contribution in [-0.4, -0.2) is 32.4 Å². The number of rotatable bonds is 9. The fourth-order valence-electron chi connectivity index (χ4n) is 3.50. The summed E-state index contributed by atoms with van der Waals surface area (Å²) >= 11 is 9.00. The standard InChI is InChI=1S/C24H21ClFN7S2/c25-16-3-5-17(6-4-16)35-30-10-1-9-28-23-29-11-8-20(31-23)22-21(32-24-33(22)12-13-34-24)15-2-7-18(26)19(27)14-15/h2-8,11-14,30H,1,9-10,27H2,(H,28,29,31). The highest BCUT2D eigenvalue weighted by Crippen LogP contribution is 2.34. The number of nitrogens with two attached hydrogens (primary N) is 1. The van der Waals surface area contributed by atoms with Gasteiger partial charge in [0.05, 0.1) is 17.1 Å². The van der Waals surface area contributed by atoms with Gasteiger partial charge in [-0.2, -0.15) is 0 Å². The Hall–Kier alpha value is -3.18. The number of nitrogen functional groups attached to an aromatic ring is 1. The SMILES string of the molecule is Nc1cc(-c2nc3sccn3c2-c2ccnc(NCCCNSc3ccc(Cl)cc3)n2)ccc1F. The van der Waals surface area contributed by atoms with E-state index in [1.54, 1.807) is 30.3 Å². The van der Waals surface area contributed by atoms with Gasteiger partial charge in [-0.1, -0.05) is 11.6 Å². The number of aromatic nitrogens is 4. The Bertz CT molecular complexity index is 1450. The highest BCUT2D eigenvalue weighted by molar-refractivity contribution is 7.97. The number of hydrogen-bond donors (Lipinski definition) is 3. The van der Waals surface area contributed by atoms with E-state index in [9.17, 15) is 4.39 Å². The smallest absolute Gasteiger partial charge is 0.223 e. The second kappa shape index (κ2) is 10.6. The molecule has 0 unspecified atom stereocenters. The minimum atomic E-state index is -0.453. The zero-order valence-corrected chi connectivity index (χ0v) is 20.8. The van der Waals surface area contributed by atoms with Gasteiger partial charge in [-0.15, -0.1) is 11.3 Å². The Kier molecular flexibility index (Phi) is 7.14. The van der Waals surface area contributed by atoms with E-state index >= 15 is 0 Å². The monoisotopic (exact) mass is 525 g/mol. The normalized spacial score (nSPS) is 11.3. The van der Waals surface area contributed by atoms with Gasteiger partial charge in [0.25, 0.3) is 0 Å². The first-order chi connectivity index (χ1) is 17.1. The largest absolute Gasteiger partial charge is 0.396 e. The van der Waals surface area contributed by atoms with E-state index in [2.05, 4.69) is 15.0 Å². The van der Waals surface area contributed by atoms with E-state index in [1.807, 2.05) is 46.3 Å². The van der Waals surface area contributed by atoms with Crippen LogP contribution in [0.3, 0.4) is 0 Å². The molecule has 0 amide bonds. The van der Waals surface area contributed by atoms with Crippen LogP contribution < -0.4 is 15.8 Å². The molecule has 178 valence electrons. The lowest BCUT2D eigenvalue weighted by atomic mass is 10.1. The topological polar surface area (TPSA) is 93.2 Å². The average Bonchev–Trinajstić information content (AvgIpc) is 3.46. The summed E-state index contributed by atoms with van der Waals surface area (Å²) in [7, 11) is 0. The van der Waals surface area contributed by atoms with Crippen molar-refractivity contribution in [1.82, 2.24) is 24.1 Å². The van der Waals surface area contributed by atoms with Gasteiger partial charge >= 0.3 is 0 Å². The molecule has 0 bridgehead atoms. The Morgan fingerprint density at radius 1 is 1.09 bits per heavy atom. The molecule has 0 fully saturated rings. The molecule has 0 radical (unpaired) electrons. The minimum Gasteiger partial charge on any atom is -0.396 e. The quantitative estimate of drug-likeness (QED) is 0.123. The maximum atomic E-state index is 13.7. The number of benzene rings is 2. The van der Waals surface area contributed by atoms with Gasteiger partial charge in [-0.25, -0.2) is 19.3 Å². The van der Waals surface area contributed by atoms with Crippen LogP contribution in [0.25, 0.3) is 27.6 Å². The zero-order valence-electron chi connectivity index (χ0n) is 18.4. The molecule has 3 aromatic heterocycles. The van der Waals surface area contributed by atoms with Crippen LogP contribution in [0, 0.1) is 5.82 Å². The van der Waals surface area contributed by atoms with Gasteiger partial charge in [0, 0.05) is 46.3 Å². The van der Waals surface area contributed by atoms with Crippen LogP contribution in [0.4, 0.5) is 16.0 Å². The lowest BCUT2D eigenvalue weighted by Gasteiger charge is -2.09. The summed E-state index contributed by atoms with van der Waals surface area (Å²) < 4.78 is 19.1. The number of fused-ring (bicyclic) bond motifs is 1. The molecular weight excluding hydrogens is 505 g/mol. The molecule has 5 aromatic rings. The van der Waals surface area contributed by atoms with Gasteiger partial charge in [-0.3, -0.25) is 9.12 Å². The lowest BCUT2D eigenvalue weighted by Crippen LogP contribution is -2.12. The molecule has 0 saturated heterocycles. The first kappa shape index (κ1) is 23.6. The van der Waals surface area contributed by atoms with Gasteiger partial charge in [0.2, 0.25) is 5.95 Å². The summed E-state index contributed by atoms with van der Waals surface area (Å²) in [5.41, 5.74) is 8.83. The first-order valence-corrected chi connectivity index (χ1v) is 12.9.